The maximum atomic E-state index is 11.2. The van der Waals surface area contributed by atoms with Crippen LogP contribution in [0.2, 0.25) is 0 Å². The molecule has 0 saturated carbocycles. The molecule has 0 bridgehead atoms. The monoisotopic (exact) mass is 304 g/mol. The van der Waals surface area contributed by atoms with Gasteiger partial charge in [-0.3, -0.25) is 0 Å². The molecule has 0 aliphatic carbocycles. The molecule has 3 nitrogen and oxygen atoms in total. The van der Waals surface area contributed by atoms with Gasteiger partial charge in [-0.1, -0.05) is 18.2 Å². The molecule has 1 aromatic heterocycles. The van der Waals surface area contributed by atoms with Gasteiger partial charge in [-0.05, 0) is 61.0 Å². The Morgan fingerprint density at radius 1 is 1.17 bits per heavy atom. The quantitative estimate of drug-likeness (QED) is 0.504. The molecule has 2 aromatic carbocycles. The fraction of sp³-hybridized carbons (Fsp3) is 0.100. The molecule has 3 heteroatoms. The van der Waals surface area contributed by atoms with Crippen LogP contribution in [-0.4, -0.2) is 12.5 Å². The molecule has 0 unspecified atom stereocenters. The van der Waals surface area contributed by atoms with Crippen LogP contribution >= 0.6 is 0 Å². The van der Waals surface area contributed by atoms with Crippen molar-refractivity contribution < 1.29 is 13.9 Å². The van der Waals surface area contributed by atoms with Crippen molar-refractivity contribution >= 4 is 28.6 Å². The van der Waals surface area contributed by atoms with Crippen molar-refractivity contribution in [2.24, 2.45) is 0 Å². The lowest BCUT2D eigenvalue weighted by Gasteiger charge is -2.03. The Hall–Kier alpha value is -3.03. The van der Waals surface area contributed by atoms with E-state index in [-0.39, 0.29) is 0 Å². The van der Waals surface area contributed by atoms with Crippen LogP contribution in [0.4, 0.5) is 0 Å². The van der Waals surface area contributed by atoms with Crippen molar-refractivity contribution in [1.29, 1.82) is 0 Å². The molecule has 0 saturated heterocycles. The van der Waals surface area contributed by atoms with E-state index in [1.54, 1.807) is 12.2 Å². The average molecular weight is 304 g/mol. The topological polar surface area (TPSA) is 39.4 Å². The van der Waals surface area contributed by atoms with E-state index in [2.05, 4.69) is 0 Å². The van der Waals surface area contributed by atoms with Crippen LogP contribution in [0.25, 0.3) is 22.6 Å². The number of fused-ring (bicyclic) bond motifs is 1. The minimum atomic E-state index is 0.466. The maximum Gasteiger partial charge on any atom is 0.134 e. The van der Waals surface area contributed by atoms with Crippen molar-refractivity contribution in [2.75, 3.05) is 6.61 Å². The number of hydrogen-bond donors (Lipinski definition) is 0. The molecule has 3 rings (SSSR count). The van der Waals surface area contributed by atoms with Gasteiger partial charge in [-0.15, -0.1) is 0 Å². The third-order valence-electron chi connectivity index (χ3n) is 3.45. The van der Waals surface area contributed by atoms with Gasteiger partial charge in [-0.2, -0.15) is 0 Å². The van der Waals surface area contributed by atoms with Crippen LogP contribution in [0, 0.1) is 0 Å². The first-order chi connectivity index (χ1) is 11.3. The van der Waals surface area contributed by atoms with Gasteiger partial charge in [0.15, 0.2) is 0 Å². The highest BCUT2D eigenvalue weighted by Gasteiger charge is 2.03. The number of ether oxygens (including phenoxy) is 1. The molecule has 0 N–H and O–H groups in total. The molecule has 3 aromatic rings. The Morgan fingerprint density at radius 3 is 2.65 bits per heavy atom. The zero-order valence-corrected chi connectivity index (χ0v) is 12.8. The summed E-state index contributed by atoms with van der Waals surface area (Å²) >= 11 is 0. The van der Waals surface area contributed by atoms with Crippen LogP contribution in [0.1, 0.15) is 18.2 Å². The van der Waals surface area contributed by atoms with Crippen molar-refractivity contribution in [3.05, 3.63) is 72.0 Å². The van der Waals surface area contributed by atoms with E-state index in [9.17, 15) is 4.79 Å². The Morgan fingerprint density at radius 2 is 1.96 bits per heavy atom. The minimum Gasteiger partial charge on any atom is -0.494 e. The molecule has 0 aliphatic heterocycles. The summed E-state index contributed by atoms with van der Waals surface area (Å²) in [5.41, 5.74) is 2.08. The molecular weight excluding hydrogens is 288 g/mol. The third-order valence-corrected chi connectivity index (χ3v) is 3.45. The highest BCUT2D eigenvalue weighted by Crippen LogP contribution is 2.22. The third kappa shape index (κ3) is 3.42. The number of carbonyl (C=O) groups excluding carboxylic acids is 1. The van der Waals surface area contributed by atoms with E-state index in [0.717, 1.165) is 22.3 Å². The van der Waals surface area contributed by atoms with Crippen LogP contribution in [-0.2, 0) is 4.79 Å². The predicted molar refractivity (Wildman–Crippen MR) is 92.0 cm³/mol. The van der Waals surface area contributed by atoms with Crippen molar-refractivity contribution in [2.45, 2.75) is 6.92 Å². The van der Waals surface area contributed by atoms with Gasteiger partial charge in [0.05, 0.1) is 12.2 Å². The summed E-state index contributed by atoms with van der Waals surface area (Å²) in [7, 11) is 0. The molecule has 23 heavy (non-hydrogen) atoms. The molecule has 114 valence electrons. The number of para-hydroxylation sites is 1. The van der Waals surface area contributed by atoms with E-state index in [0.29, 0.717) is 17.9 Å². The number of furan rings is 1. The normalized spacial score (nSPS) is 10.8. The number of rotatable bonds is 5. The molecule has 1 heterocycles. The number of allylic oxidation sites excluding steroid dienone is 2. The zero-order chi connectivity index (χ0) is 16.1. The lowest BCUT2D eigenvalue weighted by molar-refractivity contribution is 0.340. The van der Waals surface area contributed by atoms with E-state index in [4.69, 9.17) is 9.15 Å². The first kappa shape index (κ1) is 14.9. The first-order valence-corrected chi connectivity index (χ1v) is 7.45. The Kier molecular flexibility index (Phi) is 4.41. The summed E-state index contributed by atoms with van der Waals surface area (Å²) in [4.78, 5) is 11.2. The fourth-order valence-electron chi connectivity index (χ4n) is 2.34. The predicted octanol–water partition coefficient (Wildman–Crippen LogP) is 4.76. The van der Waals surface area contributed by atoms with E-state index in [1.165, 1.54) is 0 Å². The standard InChI is InChI=1S/C20H16O3/c1-2-22-18-10-7-15(8-11-18)17(14-21)9-12-19-13-16-5-3-4-6-20(16)23-19/h3-13H,2H2,1H3/b12-9+. The van der Waals surface area contributed by atoms with Crippen molar-refractivity contribution in [1.82, 2.24) is 0 Å². The second kappa shape index (κ2) is 6.82. The van der Waals surface area contributed by atoms with E-state index in [1.807, 2.05) is 67.5 Å². The van der Waals surface area contributed by atoms with Crippen molar-refractivity contribution in [3.63, 3.8) is 0 Å². The maximum absolute atomic E-state index is 11.2. The summed E-state index contributed by atoms with van der Waals surface area (Å²) in [5.74, 6) is 3.45. The molecule has 0 amide bonds. The molecule has 0 atom stereocenters. The Labute approximate surface area is 134 Å². The number of benzene rings is 2. The Bertz CT molecular complexity index is 846. The SMILES string of the molecule is CCOc1ccc(C(=C=O)/C=C/c2cc3ccccc3o2)cc1. The van der Waals surface area contributed by atoms with Crippen LogP contribution in [0.5, 0.6) is 5.75 Å². The number of hydrogen-bond acceptors (Lipinski definition) is 3. The van der Waals surface area contributed by atoms with Crippen molar-refractivity contribution in [3.8, 4) is 5.75 Å². The van der Waals surface area contributed by atoms with Gasteiger partial charge in [-0.25, -0.2) is 4.79 Å². The fourth-order valence-corrected chi connectivity index (χ4v) is 2.34. The lowest BCUT2D eigenvalue weighted by atomic mass is 10.1. The lowest BCUT2D eigenvalue weighted by Crippen LogP contribution is -1.91. The average Bonchev–Trinajstić information content (AvgIpc) is 3.00. The second-order valence-corrected chi connectivity index (χ2v) is 4.99. The van der Waals surface area contributed by atoms with Gasteiger partial charge in [0, 0.05) is 5.39 Å². The molecular formula is C20H16O3. The van der Waals surface area contributed by atoms with Gasteiger partial charge >= 0.3 is 0 Å². The van der Waals surface area contributed by atoms with Crippen LogP contribution < -0.4 is 4.74 Å². The summed E-state index contributed by atoms with van der Waals surface area (Å²) in [6, 6.07) is 17.1. The summed E-state index contributed by atoms with van der Waals surface area (Å²) in [6.45, 7) is 2.54. The molecule has 0 fully saturated rings. The molecule has 0 spiro atoms. The highest BCUT2D eigenvalue weighted by atomic mass is 16.5. The van der Waals surface area contributed by atoms with E-state index < -0.39 is 0 Å². The first-order valence-electron chi connectivity index (χ1n) is 7.45. The molecule has 0 aliphatic rings. The largest absolute Gasteiger partial charge is 0.494 e. The molecule has 0 radical (unpaired) electrons. The summed E-state index contributed by atoms with van der Waals surface area (Å²) in [5, 5.41) is 1.03. The van der Waals surface area contributed by atoms with Gasteiger partial charge in [0.25, 0.3) is 0 Å². The van der Waals surface area contributed by atoms with Gasteiger partial charge in [0.2, 0.25) is 0 Å². The van der Waals surface area contributed by atoms with Crippen LogP contribution in [0.3, 0.4) is 0 Å². The van der Waals surface area contributed by atoms with Gasteiger partial charge < -0.3 is 9.15 Å². The van der Waals surface area contributed by atoms with E-state index >= 15 is 0 Å². The second-order valence-electron chi connectivity index (χ2n) is 4.99. The Balaban J connectivity index is 1.82. The smallest absolute Gasteiger partial charge is 0.134 e. The summed E-state index contributed by atoms with van der Waals surface area (Å²) in [6.07, 6.45) is 3.48. The highest BCUT2D eigenvalue weighted by molar-refractivity contribution is 5.95. The zero-order valence-electron chi connectivity index (χ0n) is 12.8. The summed E-state index contributed by atoms with van der Waals surface area (Å²) < 4.78 is 11.1. The minimum absolute atomic E-state index is 0.466. The van der Waals surface area contributed by atoms with Gasteiger partial charge in [0.1, 0.15) is 23.0 Å². The van der Waals surface area contributed by atoms with Crippen LogP contribution in [0.15, 0.2) is 65.1 Å².